The number of allylic oxidation sites excluding steroid dienone is 1. The van der Waals surface area contributed by atoms with E-state index in [1.165, 1.54) is 14.2 Å². The molecule has 0 radical (unpaired) electrons. The number of nitrogens with zero attached hydrogens (tertiary/aromatic N) is 4. The van der Waals surface area contributed by atoms with Crippen molar-refractivity contribution < 1.29 is 38.6 Å². The van der Waals surface area contributed by atoms with Crippen LogP contribution in [0.25, 0.3) is 28.0 Å². The Kier molecular flexibility index (Phi) is 12.4. The van der Waals surface area contributed by atoms with E-state index in [9.17, 15) is 29.1 Å². The number of aliphatic imine (C=N–C) groups is 1. The first-order valence-electron chi connectivity index (χ1n) is 19.4. The van der Waals surface area contributed by atoms with E-state index in [2.05, 4.69) is 20.6 Å². The number of alkyl carbamates (subject to hydrolysis) is 2. The average Bonchev–Trinajstić information content (AvgIpc) is 4.05. The molecule has 15 heteroatoms. The SMILES string of the molecule is COC(=O)NC(C(=O)N1CCC[C@H]1c1ncc(-c2ccc(-c3ccc(C4=CN=C([C@@H]5CCCN5C(=O)[C@@H](NC(=O)OC)C(C)C)C4)cc3C(=O)O)cc2)[nH]1)C(C)C. The lowest BCUT2D eigenvalue weighted by Crippen LogP contribution is -2.53. The third-order valence-corrected chi connectivity index (χ3v) is 11.0. The predicted octanol–water partition coefficient (Wildman–Crippen LogP) is 6.04. The third kappa shape index (κ3) is 8.71. The Morgan fingerprint density at radius 3 is 1.89 bits per heavy atom. The molecular weight excluding hydrogens is 731 g/mol. The minimum atomic E-state index is -1.06. The van der Waals surface area contributed by atoms with Gasteiger partial charge in [-0.15, -0.1) is 0 Å². The van der Waals surface area contributed by atoms with Gasteiger partial charge in [-0.3, -0.25) is 14.6 Å². The van der Waals surface area contributed by atoms with Crippen molar-refractivity contribution in [3.05, 3.63) is 71.8 Å². The van der Waals surface area contributed by atoms with Gasteiger partial charge < -0.3 is 40.0 Å². The maximum atomic E-state index is 13.6. The van der Waals surface area contributed by atoms with E-state index in [0.29, 0.717) is 30.9 Å². The Morgan fingerprint density at radius 1 is 0.789 bits per heavy atom. The number of aromatic carboxylic acids is 1. The van der Waals surface area contributed by atoms with Crippen LogP contribution in [0.5, 0.6) is 0 Å². The predicted molar refractivity (Wildman–Crippen MR) is 213 cm³/mol. The largest absolute Gasteiger partial charge is 0.478 e. The Bertz CT molecular complexity index is 2070. The van der Waals surface area contributed by atoms with Crippen molar-refractivity contribution in [2.24, 2.45) is 16.8 Å². The quantitative estimate of drug-likeness (QED) is 0.169. The molecule has 0 spiro atoms. The van der Waals surface area contributed by atoms with Gasteiger partial charge in [-0.2, -0.15) is 0 Å². The number of likely N-dealkylation sites (tertiary alicyclic amines) is 2. The monoisotopic (exact) mass is 781 g/mol. The molecule has 4 N–H and O–H groups in total. The highest BCUT2D eigenvalue weighted by Gasteiger charge is 2.39. The molecule has 2 aromatic carbocycles. The molecular formula is C42H51N7O8. The van der Waals surface area contributed by atoms with Gasteiger partial charge in [-0.25, -0.2) is 19.4 Å². The summed E-state index contributed by atoms with van der Waals surface area (Å²) in [6.45, 7) is 8.60. The number of ether oxygens (including phenoxy) is 2. The van der Waals surface area contributed by atoms with E-state index < -0.39 is 30.2 Å². The summed E-state index contributed by atoms with van der Waals surface area (Å²) in [5.74, 6) is -1.05. The molecule has 4 heterocycles. The average molecular weight is 782 g/mol. The molecule has 4 amide bonds. The van der Waals surface area contributed by atoms with Crippen LogP contribution < -0.4 is 10.6 Å². The number of methoxy groups -OCH3 is 2. The number of hydrogen-bond acceptors (Lipinski definition) is 9. The van der Waals surface area contributed by atoms with Crippen LogP contribution in [0.1, 0.15) is 87.6 Å². The second-order valence-corrected chi connectivity index (χ2v) is 15.4. The Labute approximate surface area is 331 Å². The number of carboxylic acid groups (broad SMARTS) is 1. The number of aromatic amines is 1. The molecule has 302 valence electrons. The maximum absolute atomic E-state index is 13.6. The van der Waals surface area contributed by atoms with Crippen molar-refractivity contribution >= 4 is 41.3 Å². The lowest BCUT2D eigenvalue weighted by molar-refractivity contribution is -0.135. The van der Waals surface area contributed by atoms with Crippen molar-refractivity contribution in [2.45, 2.75) is 84.0 Å². The van der Waals surface area contributed by atoms with Crippen LogP contribution in [-0.4, -0.2) is 106 Å². The van der Waals surface area contributed by atoms with Crippen molar-refractivity contribution in [3.63, 3.8) is 0 Å². The molecule has 57 heavy (non-hydrogen) atoms. The minimum Gasteiger partial charge on any atom is -0.478 e. The Morgan fingerprint density at radius 2 is 1.33 bits per heavy atom. The van der Waals surface area contributed by atoms with Crippen molar-refractivity contribution in [1.82, 2.24) is 30.4 Å². The van der Waals surface area contributed by atoms with Gasteiger partial charge in [0.15, 0.2) is 0 Å². The first kappa shape index (κ1) is 40.7. The standard InChI is InChI=1S/C42H51N7O8/c1-23(2)35(46-41(54)56-5)38(50)48-17-7-9-33(48)31-20-28(21-43-31)27-15-16-29(30(19-27)40(52)53)25-11-13-26(14-12-25)32-22-44-37(45-32)34-10-8-18-49(34)39(51)36(24(3)4)47-42(55)57-6/h11-16,19,21-24,33-36H,7-10,17-18,20H2,1-6H3,(H,44,45)(H,46,54)(H,47,55)(H,52,53)/t33-,34-,35-,36?/m0/s1. The highest BCUT2D eigenvalue weighted by Crippen LogP contribution is 2.36. The second-order valence-electron chi connectivity index (χ2n) is 15.4. The lowest BCUT2D eigenvalue weighted by atomic mass is 9.92. The number of aromatic nitrogens is 2. The van der Waals surface area contributed by atoms with Crippen LogP contribution in [0.2, 0.25) is 0 Å². The maximum Gasteiger partial charge on any atom is 0.407 e. The van der Waals surface area contributed by atoms with Crippen LogP contribution >= 0.6 is 0 Å². The number of carbonyl (C=O) groups excluding carboxylic acids is 4. The molecule has 1 aromatic heterocycles. The van der Waals surface area contributed by atoms with Crippen LogP contribution in [0, 0.1) is 11.8 Å². The highest BCUT2D eigenvalue weighted by atomic mass is 16.5. The van der Waals surface area contributed by atoms with Gasteiger partial charge in [-0.05, 0) is 71.4 Å². The lowest BCUT2D eigenvalue weighted by Gasteiger charge is -2.31. The van der Waals surface area contributed by atoms with Crippen molar-refractivity contribution in [2.75, 3.05) is 27.3 Å². The fourth-order valence-corrected chi connectivity index (χ4v) is 7.93. The van der Waals surface area contributed by atoms with Gasteiger partial charge in [0.25, 0.3) is 0 Å². The minimum absolute atomic E-state index is 0.141. The third-order valence-electron chi connectivity index (χ3n) is 11.0. The molecule has 0 aliphatic carbocycles. The topological polar surface area (TPSA) is 196 Å². The van der Waals surface area contributed by atoms with Crippen molar-refractivity contribution in [3.8, 4) is 22.4 Å². The normalized spacial score (nSPS) is 18.9. The van der Waals surface area contributed by atoms with Gasteiger partial charge in [-0.1, -0.05) is 64.1 Å². The fourth-order valence-electron chi connectivity index (χ4n) is 7.93. The van der Waals surface area contributed by atoms with E-state index in [1.54, 1.807) is 28.3 Å². The molecule has 15 nitrogen and oxygen atoms in total. The molecule has 3 aliphatic rings. The van der Waals surface area contributed by atoms with Gasteiger partial charge >= 0.3 is 18.2 Å². The number of hydrogen-bond donors (Lipinski definition) is 4. The number of amides is 4. The first-order valence-corrected chi connectivity index (χ1v) is 19.4. The van der Waals surface area contributed by atoms with Gasteiger partial charge in [0.1, 0.15) is 17.9 Å². The number of rotatable bonds is 12. The number of carbonyl (C=O) groups is 5. The summed E-state index contributed by atoms with van der Waals surface area (Å²) >= 11 is 0. The molecule has 0 bridgehead atoms. The van der Waals surface area contributed by atoms with Gasteiger partial charge in [0.05, 0.1) is 43.8 Å². The van der Waals surface area contributed by atoms with Crippen molar-refractivity contribution in [1.29, 1.82) is 0 Å². The molecule has 0 saturated carbocycles. The molecule has 3 aliphatic heterocycles. The summed E-state index contributed by atoms with van der Waals surface area (Å²) in [5.41, 5.74) is 5.46. The second kappa shape index (κ2) is 17.4. The number of H-pyrrole nitrogens is 1. The summed E-state index contributed by atoms with van der Waals surface area (Å²) in [4.78, 5) is 80.0. The first-order chi connectivity index (χ1) is 27.3. The number of imidazole rings is 1. The number of benzene rings is 2. The summed E-state index contributed by atoms with van der Waals surface area (Å²) < 4.78 is 9.49. The van der Waals surface area contributed by atoms with Gasteiger partial charge in [0, 0.05) is 31.4 Å². The number of nitrogens with one attached hydrogen (secondary N) is 3. The molecule has 2 saturated heterocycles. The summed E-state index contributed by atoms with van der Waals surface area (Å²) in [5, 5.41) is 15.7. The fraction of sp³-hybridized carbons (Fsp3) is 0.452. The molecule has 1 unspecified atom stereocenters. The highest BCUT2D eigenvalue weighted by molar-refractivity contribution is 6.05. The number of carboxylic acids is 1. The van der Waals surface area contributed by atoms with Crippen LogP contribution in [0.4, 0.5) is 9.59 Å². The Balaban J connectivity index is 1.14. The zero-order valence-electron chi connectivity index (χ0n) is 33.2. The smallest absolute Gasteiger partial charge is 0.407 e. The van der Waals surface area contributed by atoms with E-state index in [-0.39, 0.29) is 41.3 Å². The van der Waals surface area contributed by atoms with Crippen LogP contribution in [0.15, 0.2) is 59.9 Å². The zero-order chi connectivity index (χ0) is 41.0. The summed E-state index contributed by atoms with van der Waals surface area (Å²) in [7, 11) is 2.53. The molecule has 3 aromatic rings. The van der Waals surface area contributed by atoms with Crippen LogP contribution in [-0.2, 0) is 19.1 Å². The summed E-state index contributed by atoms with van der Waals surface area (Å²) in [6, 6.07) is 11.0. The molecule has 6 rings (SSSR count). The summed E-state index contributed by atoms with van der Waals surface area (Å²) in [6.07, 6.45) is 5.72. The van der Waals surface area contributed by atoms with E-state index >= 15 is 0 Å². The molecule has 4 atom stereocenters. The van der Waals surface area contributed by atoms with E-state index in [0.717, 1.165) is 59.4 Å². The van der Waals surface area contributed by atoms with E-state index in [1.807, 2.05) is 64.1 Å². The van der Waals surface area contributed by atoms with Gasteiger partial charge in [0.2, 0.25) is 11.8 Å². The van der Waals surface area contributed by atoms with Crippen LogP contribution in [0.3, 0.4) is 0 Å². The van der Waals surface area contributed by atoms with E-state index in [4.69, 9.17) is 14.5 Å². The Hall–Kier alpha value is -5.99. The zero-order valence-corrected chi connectivity index (χ0v) is 33.2. The molecule has 2 fully saturated rings.